The fourth-order valence-corrected chi connectivity index (χ4v) is 6.20. The lowest BCUT2D eigenvalue weighted by Gasteiger charge is -2.24. The van der Waals surface area contributed by atoms with Crippen molar-refractivity contribution < 1.29 is 9.53 Å². The van der Waals surface area contributed by atoms with Gasteiger partial charge >= 0.3 is 5.97 Å². The molecule has 5 aromatic rings. The Labute approximate surface area is 229 Å². The summed E-state index contributed by atoms with van der Waals surface area (Å²) in [6, 6.07) is 29.6. The van der Waals surface area contributed by atoms with Crippen molar-refractivity contribution in [3.8, 4) is 0 Å². The van der Waals surface area contributed by atoms with Crippen molar-refractivity contribution >= 4 is 34.3 Å². The summed E-state index contributed by atoms with van der Waals surface area (Å²) in [7, 11) is 0. The summed E-state index contributed by atoms with van der Waals surface area (Å²) in [5.74, 6) is -0.454. The van der Waals surface area contributed by atoms with E-state index in [9.17, 15) is 9.59 Å². The quantitative estimate of drug-likeness (QED) is 0.295. The molecule has 3 heterocycles. The number of carbonyl (C=O) groups is 1. The van der Waals surface area contributed by atoms with E-state index in [1.807, 2.05) is 66.7 Å². The summed E-state index contributed by atoms with van der Waals surface area (Å²) >= 11 is 1.34. The van der Waals surface area contributed by atoms with Crippen LogP contribution in [0.3, 0.4) is 0 Å². The molecule has 0 unspecified atom stereocenters. The number of rotatable bonds is 6. The molecule has 194 valence electrons. The van der Waals surface area contributed by atoms with Gasteiger partial charge in [0, 0.05) is 23.1 Å². The van der Waals surface area contributed by atoms with Crippen molar-refractivity contribution in [2.75, 3.05) is 6.61 Å². The fourth-order valence-electron chi connectivity index (χ4n) is 5.17. The Kier molecular flexibility index (Phi) is 6.59. The van der Waals surface area contributed by atoms with Crippen molar-refractivity contribution in [2.45, 2.75) is 26.4 Å². The molecule has 1 atom stereocenters. The normalized spacial score (nSPS) is 15.3. The summed E-state index contributed by atoms with van der Waals surface area (Å²) in [6.07, 6.45) is 1.94. The van der Waals surface area contributed by atoms with Gasteiger partial charge in [0.05, 0.1) is 28.5 Å². The monoisotopic (exact) mass is 533 g/mol. The summed E-state index contributed by atoms with van der Waals surface area (Å²) in [5.41, 5.74) is 4.81. The van der Waals surface area contributed by atoms with Crippen LogP contribution < -0.4 is 14.9 Å². The van der Waals surface area contributed by atoms with Crippen molar-refractivity contribution in [3.05, 3.63) is 139 Å². The van der Waals surface area contributed by atoms with Crippen molar-refractivity contribution in [2.24, 2.45) is 4.99 Å². The van der Waals surface area contributed by atoms with Crippen LogP contribution >= 0.6 is 11.3 Å². The molecule has 2 aromatic heterocycles. The van der Waals surface area contributed by atoms with Crippen LogP contribution in [0.25, 0.3) is 17.0 Å². The maximum absolute atomic E-state index is 14.0. The fraction of sp³-hybridized carbons (Fsp3) is 0.156. The number of allylic oxidation sites excluding steroid dienone is 1. The number of fused-ring (bicyclic) bond motifs is 2. The van der Waals surface area contributed by atoms with Gasteiger partial charge in [-0.3, -0.25) is 9.36 Å². The van der Waals surface area contributed by atoms with Crippen LogP contribution in [-0.2, 0) is 16.1 Å². The van der Waals surface area contributed by atoms with Crippen LogP contribution in [0.15, 0.2) is 112 Å². The number of benzene rings is 3. The Balaban J connectivity index is 1.55. The highest BCUT2D eigenvalue weighted by molar-refractivity contribution is 7.07. The smallest absolute Gasteiger partial charge is 0.338 e. The SMILES string of the molecule is CCOC(=O)C1=C(C)N=c2sc(=Cc3cc4ccccc4n3Cc3ccccc3)c(=O)n2[C@H]1c1ccccc1. The van der Waals surface area contributed by atoms with Gasteiger partial charge in [-0.2, -0.15) is 0 Å². The topological polar surface area (TPSA) is 65.6 Å². The molecule has 1 aliphatic rings. The zero-order chi connectivity index (χ0) is 26.9. The van der Waals surface area contributed by atoms with Gasteiger partial charge < -0.3 is 9.30 Å². The average molecular weight is 534 g/mol. The Morgan fingerprint density at radius 3 is 2.44 bits per heavy atom. The lowest BCUT2D eigenvalue weighted by Crippen LogP contribution is -2.40. The summed E-state index contributed by atoms with van der Waals surface area (Å²) in [4.78, 5) is 32.3. The van der Waals surface area contributed by atoms with Crippen LogP contribution in [0.5, 0.6) is 0 Å². The molecular formula is C32H27N3O3S. The Bertz CT molecular complexity index is 1900. The maximum Gasteiger partial charge on any atom is 0.338 e. The molecule has 0 fully saturated rings. The second kappa shape index (κ2) is 10.3. The molecule has 0 saturated heterocycles. The van der Waals surface area contributed by atoms with Crippen LogP contribution in [-0.4, -0.2) is 21.7 Å². The first-order valence-corrected chi connectivity index (χ1v) is 13.7. The van der Waals surface area contributed by atoms with Crippen molar-refractivity contribution in [1.82, 2.24) is 9.13 Å². The predicted octanol–water partition coefficient (Wildman–Crippen LogP) is 4.80. The number of thiazole rings is 1. The number of carbonyl (C=O) groups excluding carboxylic acids is 1. The molecule has 0 bridgehead atoms. The van der Waals surface area contributed by atoms with E-state index in [-0.39, 0.29) is 12.2 Å². The number of aromatic nitrogens is 2. The first kappa shape index (κ1) is 24.8. The van der Waals surface area contributed by atoms with Crippen LogP contribution in [0, 0.1) is 0 Å². The van der Waals surface area contributed by atoms with Gasteiger partial charge in [-0.15, -0.1) is 0 Å². The molecule has 0 N–H and O–H groups in total. The van der Waals surface area contributed by atoms with E-state index in [1.165, 1.54) is 16.9 Å². The molecular weight excluding hydrogens is 506 g/mol. The van der Waals surface area contributed by atoms with Gasteiger partial charge in [-0.1, -0.05) is 90.2 Å². The highest BCUT2D eigenvalue weighted by Gasteiger charge is 2.33. The number of hydrogen-bond donors (Lipinski definition) is 0. The van der Waals surface area contributed by atoms with Gasteiger partial charge in [0.15, 0.2) is 4.80 Å². The zero-order valence-corrected chi connectivity index (χ0v) is 22.5. The largest absolute Gasteiger partial charge is 0.463 e. The first-order chi connectivity index (χ1) is 19.0. The molecule has 0 aliphatic carbocycles. The summed E-state index contributed by atoms with van der Waals surface area (Å²) in [5, 5.41) is 1.11. The zero-order valence-electron chi connectivity index (χ0n) is 21.7. The minimum Gasteiger partial charge on any atom is -0.463 e. The molecule has 0 radical (unpaired) electrons. The summed E-state index contributed by atoms with van der Waals surface area (Å²) in [6.45, 7) is 4.50. The highest BCUT2D eigenvalue weighted by atomic mass is 32.1. The maximum atomic E-state index is 14.0. The van der Waals surface area contributed by atoms with Crippen molar-refractivity contribution in [3.63, 3.8) is 0 Å². The molecule has 6 nitrogen and oxygen atoms in total. The second-order valence-corrected chi connectivity index (χ2v) is 10.4. The number of hydrogen-bond acceptors (Lipinski definition) is 5. The third-order valence-corrected chi connectivity index (χ3v) is 7.92. The van der Waals surface area contributed by atoms with Gasteiger partial charge in [0.25, 0.3) is 5.56 Å². The molecule has 0 saturated carbocycles. The Morgan fingerprint density at radius 1 is 1.00 bits per heavy atom. The van der Waals surface area contributed by atoms with E-state index < -0.39 is 12.0 Å². The van der Waals surface area contributed by atoms with Crippen molar-refractivity contribution in [1.29, 1.82) is 0 Å². The number of ether oxygens (including phenoxy) is 1. The molecule has 7 heteroatoms. The van der Waals surface area contributed by atoms with Crippen LogP contribution in [0.4, 0.5) is 0 Å². The van der Waals surface area contributed by atoms with Crippen LogP contribution in [0.2, 0.25) is 0 Å². The van der Waals surface area contributed by atoms with Gasteiger partial charge in [-0.05, 0) is 43.2 Å². The highest BCUT2D eigenvalue weighted by Crippen LogP contribution is 2.30. The molecule has 6 rings (SSSR count). The molecule has 3 aromatic carbocycles. The third kappa shape index (κ3) is 4.55. The average Bonchev–Trinajstić information content (AvgIpc) is 3.45. The van der Waals surface area contributed by atoms with E-state index in [2.05, 4.69) is 34.9 Å². The molecule has 1 aliphatic heterocycles. The third-order valence-electron chi connectivity index (χ3n) is 6.94. The minimum absolute atomic E-state index is 0.182. The summed E-state index contributed by atoms with van der Waals surface area (Å²) < 4.78 is 9.81. The Morgan fingerprint density at radius 2 is 1.69 bits per heavy atom. The number of esters is 1. The molecule has 39 heavy (non-hydrogen) atoms. The standard InChI is InChI=1S/C32H27N3O3S/c1-3-38-31(37)28-21(2)33-32-35(29(28)23-14-8-5-9-15-23)30(36)27(39-32)19-25-18-24-16-10-11-17-26(24)34(25)20-22-12-6-4-7-13-22/h4-19,29H,3,20H2,1-2H3/t29-/m0/s1. The van der Waals surface area contributed by atoms with Gasteiger partial charge in [0.1, 0.15) is 0 Å². The first-order valence-electron chi connectivity index (χ1n) is 12.9. The van der Waals surface area contributed by atoms with E-state index in [0.717, 1.165) is 22.2 Å². The minimum atomic E-state index is -0.612. The number of para-hydroxylation sites is 1. The van der Waals surface area contributed by atoms with E-state index in [1.54, 1.807) is 18.4 Å². The Hall–Kier alpha value is -4.49. The molecule has 0 amide bonds. The number of nitrogens with zero attached hydrogens (tertiary/aromatic N) is 3. The second-order valence-electron chi connectivity index (χ2n) is 9.41. The van der Waals surface area contributed by atoms with Gasteiger partial charge in [0.2, 0.25) is 0 Å². The predicted molar refractivity (Wildman–Crippen MR) is 154 cm³/mol. The molecule has 0 spiro atoms. The lowest BCUT2D eigenvalue weighted by atomic mass is 9.96. The van der Waals surface area contributed by atoms with Gasteiger partial charge in [-0.25, -0.2) is 9.79 Å². The van der Waals surface area contributed by atoms with Crippen LogP contribution in [0.1, 0.15) is 36.7 Å². The van der Waals surface area contributed by atoms with E-state index in [0.29, 0.717) is 27.1 Å². The lowest BCUT2D eigenvalue weighted by molar-refractivity contribution is -0.139. The van der Waals surface area contributed by atoms with E-state index >= 15 is 0 Å². The van der Waals surface area contributed by atoms with E-state index in [4.69, 9.17) is 9.73 Å².